The molecule has 0 aromatic heterocycles. The largest absolute Gasteiger partial charge is 0.381 e. The quantitative estimate of drug-likeness (QED) is 0.517. The molecule has 74 valence electrons. The number of hydrogen-bond acceptors (Lipinski definition) is 4. The standard InChI is InChI=1S/C8H15BO4/c1-10-3-8-4-12-5(6(8)11-2)7(9)13-8/h5-7H,3-4,9H2,1-2H3/t5-,6+,7-,8+/m0/s1. The van der Waals surface area contributed by atoms with Crippen molar-refractivity contribution in [2.45, 2.75) is 23.8 Å². The van der Waals surface area contributed by atoms with E-state index in [4.69, 9.17) is 18.9 Å². The molecule has 2 bridgehead atoms. The summed E-state index contributed by atoms with van der Waals surface area (Å²) in [4.78, 5) is 0. The Morgan fingerprint density at radius 2 is 2.31 bits per heavy atom. The Morgan fingerprint density at radius 3 is 2.85 bits per heavy atom. The van der Waals surface area contributed by atoms with Gasteiger partial charge < -0.3 is 18.9 Å². The van der Waals surface area contributed by atoms with Gasteiger partial charge in [0.2, 0.25) is 0 Å². The van der Waals surface area contributed by atoms with E-state index < -0.39 is 0 Å². The molecular weight excluding hydrogens is 171 g/mol. The third-order valence-corrected chi connectivity index (χ3v) is 2.86. The van der Waals surface area contributed by atoms with Gasteiger partial charge in [0.1, 0.15) is 25.7 Å². The van der Waals surface area contributed by atoms with Crippen LogP contribution < -0.4 is 0 Å². The van der Waals surface area contributed by atoms with Crippen molar-refractivity contribution >= 4 is 7.85 Å². The summed E-state index contributed by atoms with van der Waals surface area (Å²) < 4.78 is 21.9. The molecule has 0 aliphatic carbocycles. The summed E-state index contributed by atoms with van der Waals surface area (Å²) in [5.41, 5.74) is -0.367. The lowest BCUT2D eigenvalue weighted by molar-refractivity contribution is -0.144. The first-order chi connectivity index (χ1) is 6.23. The molecule has 2 saturated heterocycles. The fraction of sp³-hybridized carbons (Fsp3) is 1.00. The molecule has 2 aliphatic rings. The Hall–Kier alpha value is -0.0951. The van der Waals surface area contributed by atoms with Crippen LogP contribution in [0.25, 0.3) is 0 Å². The van der Waals surface area contributed by atoms with Crippen molar-refractivity contribution in [2.75, 3.05) is 27.4 Å². The Labute approximate surface area is 78.9 Å². The van der Waals surface area contributed by atoms with E-state index >= 15 is 0 Å². The fourth-order valence-corrected chi connectivity index (χ4v) is 2.38. The van der Waals surface area contributed by atoms with Gasteiger partial charge in [-0.1, -0.05) is 0 Å². The molecule has 2 heterocycles. The molecule has 4 nitrogen and oxygen atoms in total. The van der Waals surface area contributed by atoms with Gasteiger partial charge in [0.25, 0.3) is 0 Å². The lowest BCUT2D eigenvalue weighted by Crippen LogP contribution is -2.45. The van der Waals surface area contributed by atoms with Crippen molar-refractivity contribution in [1.82, 2.24) is 0 Å². The van der Waals surface area contributed by atoms with Crippen molar-refractivity contribution in [2.24, 2.45) is 0 Å². The SMILES string of the molecule is B[C@H]1O[C@]2(COC)CO[C@H]1[C@H]2OC. The molecule has 0 amide bonds. The fourth-order valence-electron chi connectivity index (χ4n) is 2.38. The van der Waals surface area contributed by atoms with E-state index in [0.29, 0.717) is 13.2 Å². The normalized spacial score (nSPS) is 48.6. The van der Waals surface area contributed by atoms with Gasteiger partial charge in [0.15, 0.2) is 0 Å². The second-order valence-electron chi connectivity index (χ2n) is 3.75. The minimum atomic E-state index is -0.367. The number of ether oxygens (including phenoxy) is 4. The maximum Gasteiger partial charge on any atom is 0.143 e. The predicted octanol–water partition coefficient (Wildman–Crippen LogP) is -1.23. The molecule has 0 spiro atoms. The zero-order valence-electron chi connectivity index (χ0n) is 8.28. The molecule has 2 fully saturated rings. The van der Waals surface area contributed by atoms with Gasteiger partial charge in [-0.15, -0.1) is 0 Å². The summed E-state index contributed by atoms with van der Waals surface area (Å²) in [6, 6.07) is 0.105. The highest BCUT2D eigenvalue weighted by molar-refractivity contribution is 6.11. The number of methoxy groups -OCH3 is 2. The minimum Gasteiger partial charge on any atom is -0.381 e. The van der Waals surface area contributed by atoms with Gasteiger partial charge in [-0.2, -0.15) is 0 Å². The van der Waals surface area contributed by atoms with Crippen LogP contribution in [0.1, 0.15) is 0 Å². The molecular formula is C8H15BO4. The summed E-state index contributed by atoms with van der Waals surface area (Å²) in [5, 5.41) is 0. The van der Waals surface area contributed by atoms with Crippen LogP contribution in [-0.4, -0.2) is 59.1 Å². The first-order valence-corrected chi connectivity index (χ1v) is 4.54. The molecule has 0 N–H and O–H groups in total. The van der Waals surface area contributed by atoms with Crippen molar-refractivity contribution in [3.63, 3.8) is 0 Å². The molecule has 2 aliphatic heterocycles. The van der Waals surface area contributed by atoms with E-state index in [1.165, 1.54) is 0 Å². The molecule has 0 unspecified atom stereocenters. The maximum atomic E-state index is 5.82. The van der Waals surface area contributed by atoms with Crippen LogP contribution in [0, 0.1) is 0 Å². The van der Waals surface area contributed by atoms with Gasteiger partial charge in [-0.05, 0) is 0 Å². The summed E-state index contributed by atoms with van der Waals surface area (Å²) in [6.07, 6.45) is 0.0857. The first-order valence-electron chi connectivity index (χ1n) is 4.54. The Kier molecular flexibility index (Phi) is 2.36. The zero-order valence-corrected chi connectivity index (χ0v) is 8.28. The number of hydrogen-bond donors (Lipinski definition) is 0. The van der Waals surface area contributed by atoms with Gasteiger partial charge in [-0.3, -0.25) is 0 Å². The van der Waals surface area contributed by atoms with E-state index in [2.05, 4.69) is 0 Å². The molecule has 0 saturated carbocycles. The molecule has 2 rings (SSSR count). The Morgan fingerprint density at radius 1 is 1.54 bits per heavy atom. The minimum absolute atomic E-state index is 0.0162. The summed E-state index contributed by atoms with van der Waals surface area (Å²) >= 11 is 0. The van der Waals surface area contributed by atoms with Crippen molar-refractivity contribution < 1.29 is 18.9 Å². The van der Waals surface area contributed by atoms with Crippen molar-refractivity contribution in [3.05, 3.63) is 0 Å². The monoisotopic (exact) mass is 186 g/mol. The van der Waals surface area contributed by atoms with Crippen LogP contribution in [0.15, 0.2) is 0 Å². The average Bonchev–Trinajstić information content (AvgIpc) is 2.55. The number of rotatable bonds is 3. The van der Waals surface area contributed by atoms with Crippen LogP contribution in [0.3, 0.4) is 0 Å². The Bertz CT molecular complexity index is 201. The highest BCUT2D eigenvalue weighted by atomic mass is 16.7. The molecule has 0 aromatic rings. The van der Waals surface area contributed by atoms with E-state index in [0.717, 1.165) is 0 Å². The second kappa shape index (κ2) is 3.24. The lowest BCUT2D eigenvalue weighted by atomic mass is 9.92. The maximum absolute atomic E-state index is 5.82. The second-order valence-corrected chi connectivity index (χ2v) is 3.75. The number of fused-ring (bicyclic) bond motifs is 2. The van der Waals surface area contributed by atoms with Crippen LogP contribution in [-0.2, 0) is 18.9 Å². The van der Waals surface area contributed by atoms with Gasteiger partial charge in [0.05, 0.1) is 19.2 Å². The van der Waals surface area contributed by atoms with Crippen molar-refractivity contribution in [1.29, 1.82) is 0 Å². The van der Waals surface area contributed by atoms with E-state index in [-0.39, 0.29) is 23.8 Å². The Balaban J connectivity index is 2.17. The zero-order chi connectivity index (χ0) is 9.47. The molecule has 0 aromatic carbocycles. The molecule has 13 heavy (non-hydrogen) atoms. The highest BCUT2D eigenvalue weighted by Crippen LogP contribution is 2.40. The topological polar surface area (TPSA) is 36.9 Å². The van der Waals surface area contributed by atoms with Crippen LogP contribution in [0.4, 0.5) is 0 Å². The average molecular weight is 186 g/mol. The molecule has 5 heteroatoms. The first kappa shape index (κ1) is 9.46. The van der Waals surface area contributed by atoms with Crippen LogP contribution in [0.2, 0.25) is 0 Å². The third-order valence-electron chi connectivity index (χ3n) is 2.86. The molecule has 0 radical (unpaired) electrons. The summed E-state index contributed by atoms with van der Waals surface area (Å²) in [7, 11) is 5.37. The third kappa shape index (κ3) is 1.22. The van der Waals surface area contributed by atoms with E-state index in [9.17, 15) is 0 Å². The van der Waals surface area contributed by atoms with Gasteiger partial charge in [0, 0.05) is 14.2 Å². The summed E-state index contributed by atoms with van der Waals surface area (Å²) in [5.74, 6) is 0. The predicted molar refractivity (Wildman–Crippen MR) is 48.6 cm³/mol. The van der Waals surface area contributed by atoms with Crippen LogP contribution in [0.5, 0.6) is 0 Å². The summed E-state index contributed by atoms with van der Waals surface area (Å²) in [6.45, 7) is 1.11. The van der Waals surface area contributed by atoms with E-state index in [1.54, 1.807) is 14.2 Å². The molecule has 4 atom stereocenters. The smallest absolute Gasteiger partial charge is 0.143 e. The van der Waals surface area contributed by atoms with Gasteiger partial charge in [-0.25, -0.2) is 0 Å². The van der Waals surface area contributed by atoms with Crippen LogP contribution >= 0.6 is 0 Å². The van der Waals surface area contributed by atoms with Gasteiger partial charge >= 0.3 is 0 Å². The van der Waals surface area contributed by atoms with E-state index in [1.807, 2.05) is 7.85 Å². The highest BCUT2D eigenvalue weighted by Gasteiger charge is 2.60. The lowest BCUT2D eigenvalue weighted by Gasteiger charge is -2.29. The van der Waals surface area contributed by atoms with Crippen molar-refractivity contribution in [3.8, 4) is 0 Å².